The fourth-order valence-corrected chi connectivity index (χ4v) is 5.86. The molecule has 0 aliphatic carbocycles. The third-order valence-corrected chi connectivity index (χ3v) is 8.49. The zero-order valence-electron chi connectivity index (χ0n) is 29.6. The van der Waals surface area contributed by atoms with Gasteiger partial charge in [0.2, 0.25) is 19.2 Å². The summed E-state index contributed by atoms with van der Waals surface area (Å²) < 4.78 is 5.34. The number of nitrogens with zero attached hydrogens (tertiary/aromatic N) is 2. The van der Waals surface area contributed by atoms with Crippen molar-refractivity contribution in [2.45, 2.75) is 77.3 Å². The van der Waals surface area contributed by atoms with Crippen LogP contribution in [0.3, 0.4) is 0 Å². The van der Waals surface area contributed by atoms with Gasteiger partial charge in [-0.2, -0.15) is 0 Å². The molecule has 13 nitrogen and oxygen atoms in total. The predicted octanol–water partition coefficient (Wildman–Crippen LogP) is 3.28. The first-order valence-electron chi connectivity index (χ1n) is 17.0. The molecule has 1 unspecified atom stereocenters. The molecule has 4 rings (SSSR count). The summed E-state index contributed by atoms with van der Waals surface area (Å²) >= 11 is 0. The van der Waals surface area contributed by atoms with Crippen LogP contribution in [0.4, 0.5) is 11.4 Å². The van der Waals surface area contributed by atoms with Crippen molar-refractivity contribution in [3.05, 3.63) is 53.1 Å². The lowest BCUT2D eigenvalue weighted by atomic mass is 9.89. The Morgan fingerprint density at radius 2 is 1.73 bits per heavy atom. The number of ether oxygens (including phenoxy) is 1. The van der Waals surface area contributed by atoms with Crippen LogP contribution >= 0.6 is 0 Å². The molecule has 0 aromatic heterocycles. The molecular formula is C36H57N7O6. The van der Waals surface area contributed by atoms with Gasteiger partial charge in [-0.1, -0.05) is 25.5 Å². The Balaban J connectivity index is 0.000000416. The fourth-order valence-electron chi connectivity index (χ4n) is 5.86. The molecule has 2 aliphatic rings. The number of likely N-dealkylation sites (tertiary alicyclic amines) is 1. The Labute approximate surface area is 291 Å². The third-order valence-electron chi connectivity index (χ3n) is 8.49. The summed E-state index contributed by atoms with van der Waals surface area (Å²) in [7, 11) is 3.57. The normalized spacial score (nSPS) is 14.3. The molecule has 1 fully saturated rings. The monoisotopic (exact) mass is 683 g/mol. The zero-order valence-corrected chi connectivity index (χ0v) is 29.6. The second-order valence-electron chi connectivity index (χ2n) is 11.7. The van der Waals surface area contributed by atoms with E-state index in [2.05, 4.69) is 47.2 Å². The summed E-state index contributed by atoms with van der Waals surface area (Å²) in [6, 6.07) is 12.4. The predicted molar refractivity (Wildman–Crippen MR) is 194 cm³/mol. The van der Waals surface area contributed by atoms with Crippen LogP contribution in [0.5, 0.6) is 5.75 Å². The Hall–Kier alpha value is -4.49. The van der Waals surface area contributed by atoms with Gasteiger partial charge in [0.25, 0.3) is 5.91 Å². The number of hydrogen-bond acceptors (Lipinski definition) is 10. The van der Waals surface area contributed by atoms with Crippen molar-refractivity contribution in [1.29, 1.82) is 0 Å². The number of nitrogen functional groups attached to an aromatic ring is 1. The van der Waals surface area contributed by atoms with Gasteiger partial charge in [0, 0.05) is 56.0 Å². The fraction of sp³-hybridized carbons (Fsp3) is 0.528. The van der Waals surface area contributed by atoms with Gasteiger partial charge in [0.1, 0.15) is 12.0 Å². The van der Waals surface area contributed by atoms with Crippen LogP contribution in [0.25, 0.3) is 0 Å². The van der Waals surface area contributed by atoms with E-state index in [0.29, 0.717) is 36.9 Å². The number of primary amides is 1. The number of nitrogens with two attached hydrogens (primary N) is 2. The lowest BCUT2D eigenvalue weighted by molar-refractivity contribution is -0.117. The smallest absolute Gasteiger partial charge is 0.254 e. The Bertz CT molecular complexity index is 1260. The Morgan fingerprint density at radius 3 is 2.31 bits per heavy atom. The van der Waals surface area contributed by atoms with Crippen molar-refractivity contribution in [3.63, 3.8) is 0 Å². The number of aldehydes is 1. The highest BCUT2D eigenvalue weighted by molar-refractivity contribution is 6.00. The number of unbranched alkanes of at least 4 members (excludes halogenated alkanes) is 2. The quantitative estimate of drug-likeness (QED) is 0.0998. The lowest BCUT2D eigenvalue weighted by Crippen LogP contribution is -2.38. The minimum Gasteiger partial charge on any atom is -0.495 e. The molecule has 0 bridgehead atoms. The van der Waals surface area contributed by atoms with E-state index in [1.165, 1.54) is 18.4 Å². The highest BCUT2D eigenvalue weighted by Crippen LogP contribution is 2.33. The first kappa shape index (κ1) is 42.5. The first-order chi connectivity index (χ1) is 23.8. The SMILES string of the molecule is CCCC(C)N1Cc2c(NC)cccc2C1=O.COc1cc(C2CCN(CCNCCCCC=O)CC2)ccc1N.NC=O.O=CNC=O. The number of nitrogens with one attached hydrogen (secondary N) is 3. The molecule has 7 N–H and O–H groups in total. The average molecular weight is 684 g/mol. The van der Waals surface area contributed by atoms with E-state index in [1.807, 2.05) is 36.2 Å². The summed E-state index contributed by atoms with van der Waals surface area (Å²) in [6.45, 7) is 10.5. The van der Waals surface area contributed by atoms with Crippen molar-refractivity contribution in [1.82, 2.24) is 20.4 Å². The summed E-state index contributed by atoms with van der Waals surface area (Å²) in [5.74, 6) is 1.57. The van der Waals surface area contributed by atoms with Gasteiger partial charge >= 0.3 is 0 Å². The summed E-state index contributed by atoms with van der Waals surface area (Å²) in [5.41, 5.74) is 15.2. The molecule has 0 spiro atoms. The first-order valence-corrected chi connectivity index (χ1v) is 17.0. The van der Waals surface area contributed by atoms with Gasteiger partial charge in [-0.25, -0.2) is 0 Å². The van der Waals surface area contributed by atoms with Crippen molar-refractivity contribution in [2.75, 3.05) is 57.9 Å². The van der Waals surface area contributed by atoms with Crippen LogP contribution in [0.1, 0.15) is 86.2 Å². The van der Waals surface area contributed by atoms with E-state index in [4.69, 9.17) is 24.9 Å². The standard InChI is InChI=1S/C19H31N3O2.C14H20N2O.C2H3NO2.CH3NO/c1-24-19-15-17(5-6-18(19)20)16-7-11-22(12-8-16)13-10-21-9-3-2-4-14-23;1-4-6-10(2)16-9-12-11(14(16)17)7-5-8-13(12)15-3;4-1-3-2-5;2-1-3/h5-6,14-16,21H,2-4,7-13,20H2,1H3;5,7-8,10,15H,4,6,9H2,1-3H3;1-2H,(H,3,4,5);1H,(H2,2,3). The molecule has 1 saturated heterocycles. The zero-order chi connectivity index (χ0) is 36.4. The van der Waals surface area contributed by atoms with Crippen molar-refractivity contribution >= 4 is 42.8 Å². The number of rotatable bonds is 16. The molecule has 4 amide bonds. The second-order valence-corrected chi connectivity index (χ2v) is 11.7. The van der Waals surface area contributed by atoms with E-state index >= 15 is 0 Å². The van der Waals surface area contributed by atoms with E-state index in [-0.39, 0.29) is 12.3 Å². The number of carbonyl (C=O) groups excluding carboxylic acids is 5. The van der Waals surface area contributed by atoms with Gasteiger partial charge < -0.3 is 46.7 Å². The number of amides is 4. The van der Waals surface area contributed by atoms with Crippen LogP contribution in [0.15, 0.2) is 36.4 Å². The molecule has 272 valence electrons. The molecular weight excluding hydrogens is 626 g/mol. The molecule has 1 atom stereocenters. The van der Waals surface area contributed by atoms with Crippen LogP contribution in [-0.2, 0) is 25.7 Å². The maximum Gasteiger partial charge on any atom is 0.254 e. The number of hydrogen-bond donors (Lipinski definition) is 5. The van der Waals surface area contributed by atoms with Crippen LogP contribution in [-0.4, -0.2) is 94.1 Å². The maximum atomic E-state index is 12.3. The van der Waals surface area contributed by atoms with Crippen LogP contribution in [0, 0.1) is 0 Å². The number of benzene rings is 2. The topological polar surface area (TPSA) is 189 Å². The number of fused-ring (bicyclic) bond motifs is 1. The number of piperidine rings is 1. The molecule has 2 heterocycles. The van der Waals surface area contributed by atoms with Gasteiger partial charge in [0.15, 0.2) is 0 Å². The van der Waals surface area contributed by atoms with E-state index in [9.17, 15) is 9.59 Å². The summed E-state index contributed by atoms with van der Waals surface area (Å²) in [4.78, 5) is 53.7. The molecule has 49 heavy (non-hydrogen) atoms. The molecule has 2 aliphatic heterocycles. The minimum atomic E-state index is 0.179. The Kier molecular flexibility index (Phi) is 22.1. The Morgan fingerprint density at radius 1 is 1.04 bits per heavy atom. The largest absolute Gasteiger partial charge is 0.495 e. The maximum absolute atomic E-state index is 12.3. The number of carbonyl (C=O) groups is 5. The van der Waals surface area contributed by atoms with E-state index in [1.54, 1.807) is 12.4 Å². The van der Waals surface area contributed by atoms with E-state index in [0.717, 1.165) is 93.8 Å². The second kappa shape index (κ2) is 25.5. The van der Waals surface area contributed by atoms with Crippen molar-refractivity contribution in [3.8, 4) is 5.75 Å². The lowest BCUT2D eigenvalue weighted by Gasteiger charge is -2.32. The molecule has 2 aromatic rings. The molecule has 13 heteroatoms. The minimum absolute atomic E-state index is 0.179. The number of imide groups is 1. The van der Waals surface area contributed by atoms with Crippen molar-refractivity contribution < 1.29 is 28.7 Å². The number of anilines is 2. The van der Waals surface area contributed by atoms with Crippen LogP contribution in [0.2, 0.25) is 0 Å². The van der Waals surface area contributed by atoms with Crippen LogP contribution < -0.4 is 32.2 Å². The molecule has 0 saturated carbocycles. The summed E-state index contributed by atoms with van der Waals surface area (Å²) in [6.07, 6.45) is 9.19. The highest BCUT2D eigenvalue weighted by atomic mass is 16.5. The van der Waals surface area contributed by atoms with E-state index < -0.39 is 0 Å². The molecule has 2 aromatic carbocycles. The van der Waals surface area contributed by atoms with Gasteiger partial charge in [0.05, 0.1) is 12.8 Å². The van der Waals surface area contributed by atoms with Gasteiger partial charge in [-0.05, 0) is 94.4 Å². The van der Waals surface area contributed by atoms with Gasteiger partial charge in [-0.3, -0.25) is 19.2 Å². The van der Waals surface area contributed by atoms with Gasteiger partial charge in [-0.15, -0.1) is 0 Å². The van der Waals surface area contributed by atoms with Crippen molar-refractivity contribution in [2.24, 2.45) is 5.73 Å². The average Bonchev–Trinajstić information content (AvgIpc) is 3.46. The third kappa shape index (κ3) is 15.1. The number of methoxy groups -OCH3 is 1. The summed E-state index contributed by atoms with van der Waals surface area (Å²) in [5, 5.41) is 8.38. The molecule has 0 radical (unpaired) electrons. The highest BCUT2D eigenvalue weighted by Gasteiger charge is 2.31.